The zero-order valence-corrected chi connectivity index (χ0v) is 11.2. The number of hydrogen-bond acceptors (Lipinski definition) is 3. The number of halogens is 1. The average molecular weight is 276 g/mol. The van der Waals surface area contributed by atoms with Crippen LogP contribution in [0.15, 0.2) is 48.5 Å². The largest absolute Gasteiger partial charge is 0.465 e. The van der Waals surface area contributed by atoms with Gasteiger partial charge in [0.15, 0.2) is 0 Å². The first-order valence-corrected chi connectivity index (χ1v) is 6.19. The zero-order chi connectivity index (χ0) is 13.8. The Balaban J connectivity index is 2.31. The molecule has 98 valence electrons. The molecule has 2 N–H and O–H groups in total. The molecular formula is C15H14ClNO2. The Bertz CT molecular complexity index is 581. The van der Waals surface area contributed by atoms with Crippen molar-refractivity contribution < 1.29 is 9.53 Å². The van der Waals surface area contributed by atoms with E-state index in [4.69, 9.17) is 22.1 Å². The third kappa shape index (κ3) is 3.13. The fourth-order valence-corrected chi connectivity index (χ4v) is 1.97. The van der Waals surface area contributed by atoms with Crippen LogP contribution in [0, 0.1) is 0 Å². The van der Waals surface area contributed by atoms with Crippen molar-refractivity contribution in [2.24, 2.45) is 5.73 Å². The van der Waals surface area contributed by atoms with Crippen molar-refractivity contribution in [3.8, 4) is 0 Å². The molecule has 2 rings (SSSR count). The predicted octanol–water partition coefficient (Wildman–Crippen LogP) is 3.17. The number of carbonyl (C=O) groups is 1. The highest BCUT2D eigenvalue weighted by Crippen LogP contribution is 2.22. The molecule has 0 saturated heterocycles. The molecule has 0 aliphatic heterocycles. The fraction of sp³-hybridized carbons (Fsp3) is 0.133. The quantitative estimate of drug-likeness (QED) is 0.876. The Kier molecular flexibility index (Phi) is 4.20. The molecule has 0 heterocycles. The van der Waals surface area contributed by atoms with E-state index in [1.807, 2.05) is 18.2 Å². The summed E-state index contributed by atoms with van der Waals surface area (Å²) in [7, 11) is 1.36. The van der Waals surface area contributed by atoms with E-state index >= 15 is 0 Å². The molecule has 0 radical (unpaired) electrons. The predicted molar refractivity (Wildman–Crippen MR) is 75.3 cm³/mol. The number of nitrogens with two attached hydrogens (primary N) is 1. The number of rotatable bonds is 3. The Morgan fingerprint density at radius 3 is 2.47 bits per heavy atom. The second-order valence-electron chi connectivity index (χ2n) is 4.15. The Labute approximate surface area is 117 Å². The third-order valence-corrected chi connectivity index (χ3v) is 3.15. The van der Waals surface area contributed by atoms with E-state index < -0.39 is 0 Å². The van der Waals surface area contributed by atoms with E-state index in [9.17, 15) is 4.79 Å². The van der Waals surface area contributed by atoms with Gasteiger partial charge in [-0.2, -0.15) is 0 Å². The lowest BCUT2D eigenvalue weighted by Gasteiger charge is -2.13. The average Bonchev–Trinajstić information content (AvgIpc) is 2.46. The summed E-state index contributed by atoms with van der Waals surface area (Å²) in [6.07, 6.45) is 0. The molecule has 2 aromatic carbocycles. The van der Waals surface area contributed by atoms with Crippen LogP contribution in [-0.2, 0) is 4.74 Å². The fourth-order valence-electron chi connectivity index (χ4n) is 1.84. The third-order valence-electron chi connectivity index (χ3n) is 2.90. The second kappa shape index (κ2) is 5.87. The van der Waals surface area contributed by atoms with Crippen LogP contribution < -0.4 is 5.73 Å². The van der Waals surface area contributed by atoms with Crippen molar-refractivity contribution in [2.45, 2.75) is 6.04 Å². The molecule has 0 fully saturated rings. The lowest BCUT2D eigenvalue weighted by Crippen LogP contribution is -2.12. The van der Waals surface area contributed by atoms with Crippen LogP contribution in [-0.4, -0.2) is 13.1 Å². The molecule has 0 saturated carbocycles. The van der Waals surface area contributed by atoms with E-state index in [0.29, 0.717) is 10.6 Å². The summed E-state index contributed by atoms with van der Waals surface area (Å²) in [6.45, 7) is 0. The maximum atomic E-state index is 11.5. The number of hydrogen-bond donors (Lipinski definition) is 1. The number of ether oxygens (including phenoxy) is 1. The minimum Gasteiger partial charge on any atom is -0.465 e. The van der Waals surface area contributed by atoms with Gasteiger partial charge in [0.25, 0.3) is 0 Å². The standard InChI is InChI=1S/C15H14ClNO2/c1-19-15(18)12-4-2-3-11(9-12)14(17)10-5-7-13(16)8-6-10/h2-9,14H,17H2,1H3. The van der Waals surface area contributed by atoms with E-state index in [-0.39, 0.29) is 12.0 Å². The number of benzene rings is 2. The Hall–Kier alpha value is -1.84. The van der Waals surface area contributed by atoms with Crippen LogP contribution in [0.1, 0.15) is 27.5 Å². The summed E-state index contributed by atoms with van der Waals surface area (Å²) < 4.78 is 4.70. The first kappa shape index (κ1) is 13.6. The molecule has 0 aliphatic carbocycles. The second-order valence-corrected chi connectivity index (χ2v) is 4.58. The van der Waals surface area contributed by atoms with E-state index in [0.717, 1.165) is 11.1 Å². The van der Waals surface area contributed by atoms with Crippen LogP contribution in [0.2, 0.25) is 5.02 Å². The van der Waals surface area contributed by atoms with Crippen molar-refractivity contribution >= 4 is 17.6 Å². The van der Waals surface area contributed by atoms with Crippen molar-refractivity contribution in [2.75, 3.05) is 7.11 Å². The van der Waals surface area contributed by atoms with Crippen LogP contribution >= 0.6 is 11.6 Å². The van der Waals surface area contributed by atoms with Gasteiger partial charge in [0.2, 0.25) is 0 Å². The van der Waals surface area contributed by atoms with Crippen LogP contribution in [0.5, 0.6) is 0 Å². The topological polar surface area (TPSA) is 52.3 Å². The summed E-state index contributed by atoms with van der Waals surface area (Å²) >= 11 is 5.85. The van der Waals surface area contributed by atoms with Gasteiger partial charge in [0.05, 0.1) is 18.7 Å². The van der Waals surface area contributed by atoms with Crippen LogP contribution in [0.3, 0.4) is 0 Å². The molecule has 4 heteroatoms. The highest BCUT2D eigenvalue weighted by atomic mass is 35.5. The van der Waals surface area contributed by atoms with E-state index in [1.54, 1.807) is 30.3 Å². The van der Waals surface area contributed by atoms with Crippen LogP contribution in [0.25, 0.3) is 0 Å². The van der Waals surface area contributed by atoms with Gasteiger partial charge in [-0.1, -0.05) is 35.9 Å². The molecular weight excluding hydrogens is 262 g/mol. The minimum absolute atomic E-state index is 0.304. The van der Waals surface area contributed by atoms with Gasteiger partial charge in [-0.3, -0.25) is 0 Å². The van der Waals surface area contributed by atoms with E-state index in [2.05, 4.69) is 0 Å². The molecule has 0 spiro atoms. The van der Waals surface area contributed by atoms with Crippen LogP contribution in [0.4, 0.5) is 0 Å². The highest BCUT2D eigenvalue weighted by molar-refractivity contribution is 6.30. The van der Waals surface area contributed by atoms with Gasteiger partial charge in [-0.05, 0) is 35.4 Å². The van der Waals surface area contributed by atoms with Gasteiger partial charge >= 0.3 is 5.97 Å². The molecule has 2 aromatic rings. The summed E-state index contributed by atoms with van der Waals surface area (Å²) in [5.74, 6) is -0.370. The lowest BCUT2D eigenvalue weighted by molar-refractivity contribution is 0.0600. The molecule has 0 amide bonds. The Morgan fingerprint density at radius 1 is 1.16 bits per heavy atom. The first-order valence-electron chi connectivity index (χ1n) is 5.81. The number of esters is 1. The van der Waals surface area contributed by atoms with Gasteiger partial charge in [0, 0.05) is 5.02 Å². The molecule has 0 aliphatic rings. The minimum atomic E-state index is -0.370. The summed E-state index contributed by atoms with van der Waals surface area (Å²) in [5.41, 5.74) is 8.46. The van der Waals surface area contributed by atoms with Crippen molar-refractivity contribution in [1.29, 1.82) is 0 Å². The van der Waals surface area contributed by atoms with Gasteiger partial charge in [0.1, 0.15) is 0 Å². The highest BCUT2D eigenvalue weighted by Gasteiger charge is 2.12. The lowest BCUT2D eigenvalue weighted by atomic mass is 9.98. The number of carbonyl (C=O) groups excluding carboxylic acids is 1. The molecule has 0 aromatic heterocycles. The summed E-state index contributed by atoms with van der Waals surface area (Å²) in [5, 5.41) is 0.666. The van der Waals surface area contributed by atoms with Gasteiger partial charge in [-0.25, -0.2) is 4.79 Å². The maximum absolute atomic E-state index is 11.5. The summed E-state index contributed by atoms with van der Waals surface area (Å²) in [6, 6.07) is 14.1. The normalized spacial score (nSPS) is 11.9. The van der Waals surface area contributed by atoms with Crippen molar-refractivity contribution in [3.63, 3.8) is 0 Å². The van der Waals surface area contributed by atoms with Gasteiger partial charge < -0.3 is 10.5 Å². The van der Waals surface area contributed by atoms with E-state index in [1.165, 1.54) is 7.11 Å². The monoisotopic (exact) mass is 275 g/mol. The maximum Gasteiger partial charge on any atom is 0.337 e. The Morgan fingerprint density at radius 2 is 1.84 bits per heavy atom. The van der Waals surface area contributed by atoms with Crippen molar-refractivity contribution in [3.05, 3.63) is 70.2 Å². The molecule has 19 heavy (non-hydrogen) atoms. The SMILES string of the molecule is COC(=O)c1cccc(C(N)c2ccc(Cl)cc2)c1. The molecule has 1 atom stereocenters. The summed E-state index contributed by atoms with van der Waals surface area (Å²) in [4.78, 5) is 11.5. The number of methoxy groups -OCH3 is 1. The molecule has 3 nitrogen and oxygen atoms in total. The van der Waals surface area contributed by atoms with Gasteiger partial charge in [-0.15, -0.1) is 0 Å². The molecule has 1 unspecified atom stereocenters. The smallest absolute Gasteiger partial charge is 0.337 e. The zero-order valence-electron chi connectivity index (χ0n) is 10.5. The van der Waals surface area contributed by atoms with Crippen molar-refractivity contribution in [1.82, 2.24) is 0 Å². The molecule has 0 bridgehead atoms. The first-order chi connectivity index (χ1) is 9.11.